The van der Waals surface area contributed by atoms with Crippen molar-refractivity contribution in [2.24, 2.45) is 0 Å². The Morgan fingerprint density at radius 2 is 1.57 bits per heavy atom. The number of methoxy groups -OCH3 is 2. The molecular formula is C16H14Br2O3. The van der Waals surface area contributed by atoms with E-state index in [9.17, 15) is 4.79 Å². The largest absolute Gasteiger partial charge is 0.493 e. The lowest BCUT2D eigenvalue weighted by Crippen LogP contribution is -2.06. The van der Waals surface area contributed by atoms with Gasteiger partial charge in [0.2, 0.25) is 0 Å². The van der Waals surface area contributed by atoms with Crippen molar-refractivity contribution in [3.8, 4) is 11.5 Å². The van der Waals surface area contributed by atoms with Gasteiger partial charge < -0.3 is 9.47 Å². The summed E-state index contributed by atoms with van der Waals surface area (Å²) in [7, 11) is 3.11. The van der Waals surface area contributed by atoms with E-state index in [2.05, 4.69) is 31.9 Å². The Kier molecular flexibility index (Phi) is 5.06. The minimum atomic E-state index is -0.0622. The Labute approximate surface area is 140 Å². The fourth-order valence-electron chi connectivity index (χ4n) is 2.06. The molecule has 0 unspecified atom stereocenters. The molecule has 0 aliphatic rings. The third kappa shape index (κ3) is 3.30. The standard InChI is InChI=1S/C16H14Br2O3/c1-9-6-10(17)4-5-11(9)16(19)12-7-14(20-2)15(21-3)8-13(12)18/h4-8H,1-3H3. The lowest BCUT2D eigenvalue weighted by molar-refractivity contribution is 0.103. The molecular weight excluding hydrogens is 400 g/mol. The summed E-state index contributed by atoms with van der Waals surface area (Å²) >= 11 is 6.82. The van der Waals surface area contributed by atoms with Gasteiger partial charge in [-0.05, 0) is 58.7 Å². The van der Waals surface area contributed by atoms with Gasteiger partial charge in [-0.1, -0.05) is 15.9 Å². The zero-order chi connectivity index (χ0) is 15.6. The van der Waals surface area contributed by atoms with Crippen molar-refractivity contribution in [3.63, 3.8) is 0 Å². The molecule has 0 amide bonds. The highest BCUT2D eigenvalue weighted by molar-refractivity contribution is 9.10. The molecule has 3 nitrogen and oxygen atoms in total. The highest BCUT2D eigenvalue weighted by Crippen LogP contribution is 2.34. The van der Waals surface area contributed by atoms with E-state index in [1.807, 2.05) is 25.1 Å². The third-order valence-electron chi connectivity index (χ3n) is 3.15. The second kappa shape index (κ2) is 6.62. The highest BCUT2D eigenvalue weighted by Gasteiger charge is 2.18. The van der Waals surface area contributed by atoms with Gasteiger partial charge in [-0.25, -0.2) is 0 Å². The van der Waals surface area contributed by atoms with E-state index in [0.717, 1.165) is 10.0 Å². The first kappa shape index (κ1) is 16.0. The predicted octanol–water partition coefficient (Wildman–Crippen LogP) is 4.77. The van der Waals surface area contributed by atoms with Crippen LogP contribution in [0.25, 0.3) is 0 Å². The summed E-state index contributed by atoms with van der Waals surface area (Å²) in [6.45, 7) is 1.91. The van der Waals surface area contributed by atoms with Crippen molar-refractivity contribution in [2.75, 3.05) is 14.2 Å². The molecule has 2 rings (SSSR count). The van der Waals surface area contributed by atoms with Gasteiger partial charge >= 0.3 is 0 Å². The van der Waals surface area contributed by atoms with Crippen LogP contribution in [0.15, 0.2) is 39.3 Å². The van der Waals surface area contributed by atoms with E-state index in [1.165, 1.54) is 0 Å². The summed E-state index contributed by atoms with van der Waals surface area (Å²) in [5, 5.41) is 0. The predicted molar refractivity (Wildman–Crippen MR) is 89.6 cm³/mol. The van der Waals surface area contributed by atoms with Crippen LogP contribution >= 0.6 is 31.9 Å². The number of rotatable bonds is 4. The van der Waals surface area contributed by atoms with Gasteiger partial charge in [-0.2, -0.15) is 0 Å². The molecule has 2 aromatic rings. The maximum atomic E-state index is 12.7. The summed E-state index contributed by atoms with van der Waals surface area (Å²) in [6, 6.07) is 9.01. The lowest BCUT2D eigenvalue weighted by atomic mass is 9.99. The molecule has 0 aromatic heterocycles. The number of hydrogen-bond donors (Lipinski definition) is 0. The second-order valence-electron chi connectivity index (χ2n) is 4.48. The van der Waals surface area contributed by atoms with E-state index in [0.29, 0.717) is 27.1 Å². The topological polar surface area (TPSA) is 35.5 Å². The normalized spacial score (nSPS) is 10.3. The molecule has 0 spiro atoms. The SMILES string of the molecule is COc1cc(Br)c(C(=O)c2ccc(Br)cc2C)cc1OC. The zero-order valence-corrected chi connectivity index (χ0v) is 15.0. The smallest absolute Gasteiger partial charge is 0.194 e. The first-order valence-corrected chi connectivity index (χ1v) is 7.79. The summed E-state index contributed by atoms with van der Waals surface area (Å²) in [5.41, 5.74) is 2.11. The van der Waals surface area contributed by atoms with E-state index >= 15 is 0 Å². The van der Waals surface area contributed by atoms with Gasteiger partial charge in [-0.3, -0.25) is 4.79 Å². The Morgan fingerprint density at radius 3 is 2.14 bits per heavy atom. The molecule has 0 atom stereocenters. The average molecular weight is 414 g/mol. The van der Waals surface area contributed by atoms with E-state index in [4.69, 9.17) is 9.47 Å². The van der Waals surface area contributed by atoms with Crippen LogP contribution in [-0.2, 0) is 0 Å². The Morgan fingerprint density at radius 1 is 0.952 bits per heavy atom. The summed E-state index contributed by atoms with van der Waals surface area (Å²) in [5.74, 6) is 1.04. The van der Waals surface area contributed by atoms with Gasteiger partial charge in [0.05, 0.1) is 14.2 Å². The summed E-state index contributed by atoms with van der Waals surface area (Å²) < 4.78 is 12.1. The molecule has 5 heteroatoms. The minimum absolute atomic E-state index is 0.0622. The first-order valence-electron chi connectivity index (χ1n) is 6.20. The number of hydrogen-bond acceptors (Lipinski definition) is 3. The van der Waals surface area contributed by atoms with E-state index in [1.54, 1.807) is 26.4 Å². The number of carbonyl (C=O) groups excluding carboxylic acids is 1. The number of benzene rings is 2. The van der Waals surface area contributed by atoms with Crippen LogP contribution in [0.5, 0.6) is 11.5 Å². The average Bonchev–Trinajstić information content (AvgIpc) is 2.46. The van der Waals surface area contributed by atoms with E-state index < -0.39 is 0 Å². The molecule has 0 aliphatic carbocycles. The molecule has 0 bridgehead atoms. The van der Waals surface area contributed by atoms with Gasteiger partial charge in [0.1, 0.15) is 0 Å². The monoisotopic (exact) mass is 412 g/mol. The Bertz CT molecular complexity index is 696. The van der Waals surface area contributed by atoms with Gasteiger partial charge in [0, 0.05) is 20.1 Å². The summed E-state index contributed by atoms with van der Waals surface area (Å²) in [4.78, 5) is 12.7. The van der Waals surface area contributed by atoms with Gasteiger partial charge in [-0.15, -0.1) is 0 Å². The molecule has 110 valence electrons. The fraction of sp³-hybridized carbons (Fsp3) is 0.188. The van der Waals surface area contributed by atoms with Gasteiger partial charge in [0.25, 0.3) is 0 Å². The fourth-order valence-corrected chi connectivity index (χ4v) is 3.03. The zero-order valence-electron chi connectivity index (χ0n) is 11.9. The molecule has 0 N–H and O–H groups in total. The maximum absolute atomic E-state index is 12.7. The van der Waals surface area contributed by atoms with Crippen LogP contribution < -0.4 is 9.47 Å². The molecule has 0 saturated heterocycles. The van der Waals surface area contributed by atoms with E-state index in [-0.39, 0.29) is 5.78 Å². The van der Waals surface area contributed by atoms with Crippen molar-refractivity contribution in [2.45, 2.75) is 6.92 Å². The number of halogens is 2. The number of aryl methyl sites for hydroxylation is 1. The van der Waals surface area contributed by atoms with Crippen LogP contribution in [0.4, 0.5) is 0 Å². The third-order valence-corrected chi connectivity index (χ3v) is 4.30. The Hall–Kier alpha value is -1.33. The number of ether oxygens (including phenoxy) is 2. The van der Waals surface area contributed by atoms with Crippen molar-refractivity contribution in [1.82, 2.24) is 0 Å². The van der Waals surface area contributed by atoms with Gasteiger partial charge in [0.15, 0.2) is 17.3 Å². The minimum Gasteiger partial charge on any atom is -0.493 e. The molecule has 0 heterocycles. The number of carbonyl (C=O) groups is 1. The van der Waals surface area contributed by atoms with Crippen molar-refractivity contribution in [3.05, 3.63) is 56.0 Å². The lowest BCUT2D eigenvalue weighted by Gasteiger charge is -2.12. The van der Waals surface area contributed by atoms with Crippen LogP contribution in [0.3, 0.4) is 0 Å². The molecule has 0 aliphatic heterocycles. The van der Waals surface area contributed by atoms with Crippen molar-refractivity contribution < 1.29 is 14.3 Å². The molecule has 2 aromatic carbocycles. The molecule has 21 heavy (non-hydrogen) atoms. The quantitative estimate of drug-likeness (QED) is 0.677. The second-order valence-corrected chi connectivity index (χ2v) is 6.25. The Balaban J connectivity index is 2.53. The molecule has 0 saturated carbocycles. The maximum Gasteiger partial charge on any atom is 0.194 e. The summed E-state index contributed by atoms with van der Waals surface area (Å²) in [6.07, 6.45) is 0. The number of ketones is 1. The van der Waals surface area contributed by atoms with Crippen LogP contribution in [0, 0.1) is 6.92 Å². The van der Waals surface area contributed by atoms with Crippen LogP contribution in [0.2, 0.25) is 0 Å². The first-order chi connectivity index (χ1) is 9.97. The molecule has 0 radical (unpaired) electrons. The van der Waals surface area contributed by atoms with Crippen LogP contribution in [0.1, 0.15) is 21.5 Å². The van der Waals surface area contributed by atoms with Crippen molar-refractivity contribution in [1.29, 1.82) is 0 Å². The molecule has 0 fully saturated rings. The van der Waals surface area contributed by atoms with Crippen LogP contribution in [-0.4, -0.2) is 20.0 Å². The highest BCUT2D eigenvalue weighted by atomic mass is 79.9. The van der Waals surface area contributed by atoms with Crippen molar-refractivity contribution >= 4 is 37.6 Å².